The maximum absolute atomic E-state index is 5.83. The summed E-state index contributed by atoms with van der Waals surface area (Å²) >= 11 is 1.77. The molecule has 0 amide bonds. The van der Waals surface area contributed by atoms with Crippen LogP contribution in [0.15, 0.2) is 0 Å². The maximum Gasteiger partial charge on any atom is 0.0946 e. The average Bonchev–Trinajstić information content (AvgIpc) is 2.31. The van der Waals surface area contributed by atoms with E-state index in [1.54, 1.807) is 11.3 Å². The van der Waals surface area contributed by atoms with E-state index in [0.717, 1.165) is 18.5 Å². The van der Waals surface area contributed by atoms with Crippen LogP contribution < -0.4 is 5.73 Å². The molecule has 0 aliphatic carbocycles. The lowest BCUT2D eigenvalue weighted by molar-refractivity contribution is 0.643. The molecule has 0 bridgehead atoms. The number of nitrogens with zero attached hydrogens (tertiary/aromatic N) is 1. The minimum Gasteiger partial charge on any atom is -0.327 e. The second-order valence-electron chi connectivity index (χ2n) is 3.12. The summed E-state index contributed by atoms with van der Waals surface area (Å²) in [5.74, 6) is 0. The van der Waals surface area contributed by atoms with Gasteiger partial charge in [0.05, 0.1) is 10.7 Å². The van der Waals surface area contributed by atoms with E-state index in [-0.39, 0.29) is 6.04 Å². The van der Waals surface area contributed by atoms with Crippen molar-refractivity contribution in [3.8, 4) is 0 Å². The van der Waals surface area contributed by atoms with Gasteiger partial charge in [0.25, 0.3) is 0 Å². The largest absolute Gasteiger partial charge is 0.327 e. The standard InChI is InChI=1S/C9H16N2S/c1-4-8(10)5-9-11-6(2)7(3)12-9/h8H,4-5,10H2,1-3H3. The third kappa shape index (κ3) is 2.29. The van der Waals surface area contributed by atoms with Gasteiger partial charge in [-0.3, -0.25) is 0 Å². The van der Waals surface area contributed by atoms with Crippen molar-refractivity contribution in [2.24, 2.45) is 5.73 Å². The van der Waals surface area contributed by atoms with E-state index in [9.17, 15) is 0 Å². The summed E-state index contributed by atoms with van der Waals surface area (Å²) in [5.41, 5.74) is 6.98. The molecule has 1 atom stereocenters. The number of hydrogen-bond donors (Lipinski definition) is 1. The first kappa shape index (κ1) is 9.68. The molecule has 68 valence electrons. The predicted molar refractivity (Wildman–Crippen MR) is 53.6 cm³/mol. The van der Waals surface area contributed by atoms with Crippen LogP contribution in [0.3, 0.4) is 0 Å². The fraction of sp³-hybridized carbons (Fsp3) is 0.667. The first-order valence-corrected chi connectivity index (χ1v) is 5.13. The van der Waals surface area contributed by atoms with E-state index in [4.69, 9.17) is 5.73 Å². The molecule has 3 heteroatoms. The summed E-state index contributed by atoms with van der Waals surface area (Å²) in [6.07, 6.45) is 1.95. The van der Waals surface area contributed by atoms with Crippen molar-refractivity contribution < 1.29 is 0 Å². The molecule has 0 spiro atoms. The van der Waals surface area contributed by atoms with Crippen molar-refractivity contribution in [1.29, 1.82) is 0 Å². The number of aryl methyl sites for hydroxylation is 2. The van der Waals surface area contributed by atoms with Crippen molar-refractivity contribution in [3.05, 3.63) is 15.6 Å². The molecule has 0 aliphatic rings. The topological polar surface area (TPSA) is 38.9 Å². The van der Waals surface area contributed by atoms with Crippen molar-refractivity contribution in [2.75, 3.05) is 0 Å². The van der Waals surface area contributed by atoms with Gasteiger partial charge >= 0.3 is 0 Å². The van der Waals surface area contributed by atoms with Crippen LogP contribution in [-0.4, -0.2) is 11.0 Å². The van der Waals surface area contributed by atoms with E-state index in [1.807, 2.05) is 6.92 Å². The zero-order valence-corrected chi connectivity index (χ0v) is 8.74. The van der Waals surface area contributed by atoms with E-state index in [2.05, 4.69) is 18.8 Å². The number of thiazole rings is 1. The minimum absolute atomic E-state index is 0.273. The Labute approximate surface area is 77.8 Å². The first-order chi connectivity index (χ1) is 5.63. The Bertz CT molecular complexity index is 236. The Morgan fingerprint density at radius 3 is 2.58 bits per heavy atom. The van der Waals surface area contributed by atoms with Gasteiger partial charge in [-0.15, -0.1) is 11.3 Å². The third-order valence-electron chi connectivity index (χ3n) is 2.03. The molecule has 1 heterocycles. The van der Waals surface area contributed by atoms with Gasteiger partial charge in [-0.2, -0.15) is 0 Å². The average molecular weight is 184 g/mol. The molecule has 2 nitrogen and oxygen atoms in total. The molecule has 0 saturated carbocycles. The SMILES string of the molecule is CCC(N)Cc1nc(C)c(C)s1. The Hall–Kier alpha value is -0.410. The molecular weight excluding hydrogens is 168 g/mol. The van der Waals surface area contributed by atoms with Crippen molar-refractivity contribution in [2.45, 2.75) is 39.7 Å². The van der Waals surface area contributed by atoms with Crippen molar-refractivity contribution in [3.63, 3.8) is 0 Å². The molecule has 1 unspecified atom stereocenters. The lowest BCUT2D eigenvalue weighted by Crippen LogP contribution is -2.21. The Balaban J connectivity index is 2.64. The molecule has 1 aromatic rings. The number of rotatable bonds is 3. The quantitative estimate of drug-likeness (QED) is 0.780. The van der Waals surface area contributed by atoms with E-state index in [0.29, 0.717) is 0 Å². The van der Waals surface area contributed by atoms with Crippen molar-refractivity contribution >= 4 is 11.3 Å². The lowest BCUT2D eigenvalue weighted by atomic mass is 10.2. The normalized spacial score (nSPS) is 13.3. The highest BCUT2D eigenvalue weighted by atomic mass is 32.1. The highest BCUT2D eigenvalue weighted by molar-refractivity contribution is 7.11. The molecule has 12 heavy (non-hydrogen) atoms. The Morgan fingerprint density at radius 2 is 2.17 bits per heavy atom. The predicted octanol–water partition coefficient (Wildman–Crippen LogP) is 2.04. The number of aromatic nitrogens is 1. The molecule has 0 aromatic carbocycles. The fourth-order valence-corrected chi connectivity index (χ4v) is 2.02. The van der Waals surface area contributed by atoms with Crippen LogP contribution in [-0.2, 0) is 6.42 Å². The number of nitrogens with two attached hydrogens (primary N) is 1. The first-order valence-electron chi connectivity index (χ1n) is 4.32. The molecule has 0 aliphatic heterocycles. The maximum atomic E-state index is 5.83. The van der Waals surface area contributed by atoms with E-state index >= 15 is 0 Å². The molecule has 0 saturated heterocycles. The van der Waals surface area contributed by atoms with Gasteiger partial charge in [-0.25, -0.2) is 4.98 Å². The van der Waals surface area contributed by atoms with Gasteiger partial charge in [0.1, 0.15) is 0 Å². The molecule has 1 rings (SSSR count). The molecule has 1 aromatic heterocycles. The molecule has 2 N–H and O–H groups in total. The second-order valence-corrected chi connectivity index (χ2v) is 4.41. The monoisotopic (exact) mass is 184 g/mol. The summed E-state index contributed by atoms with van der Waals surface area (Å²) in [6.45, 7) is 6.26. The fourth-order valence-electron chi connectivity index (χ4n) is 0.995. The zero-order valence-electron chi connectivity index (χ0n) is 7.92. The van der Waals surface area contributed by atoms with Gasteiger partial charge in [0.2, 0.25) is 0 Å². The molecule has 0 fully saturated rings. The summed E-state index contributed by atoms with van der Waals surface area (Å²) in [7, 11) is 0. The van der Waals surface area contributed by atoms with Crippen LogP contribution in [0.2, 0.25) is 0 Å². The van der Waals surface area contributed by atoms with E-state index in [1.165, 1.54) is 9.88 Å². The number of hydrogen-bond acceptors (Lipinski definition) is 3. The van der Waals surface area contributed by atoms with Crippen LogP contribution in [0.4, 0.5) is 0 Å². The highest BCUT2D eigenvalue weighted by Crippen LogP contribution is 2.17. The zero-order chi connectivity index (χ0) is 9.14. The van der Waals surface area contributed by atoms with Crippen molar-refractivity contribution in [1.82, 2.24) is 4.98 Å². The van der Waals surface area contributed by atoms with Gasteiger partial charge in [-0.1, -0.05) is 6.92 Å². The highest BCUT2D eigenvalue weighted by Gasteiger charge is 2.06. The van der Waals surface area contributed by atoms with Gasteiger partial charge in [-0.05, 0) is 20.3 Å². The van der Waals surface area contributed by atoms with Gasteiger partial charge in [0.15, 0.2) is 0 Å². The van der Waals surface area contributed by atoms with Gasteiger partial charge < -0.3 is 5.73 Å². The summed E-state index contributed by atoms with van der Waals surface area (Å²) in [6, 6.07) is 0.273. The van der Waals surface area contributed by atoms with Crippen LogP contribution in [0.5, 0.6) is 0 Å². The Kier molecular flexibility index (Phi) is 3.23. The van der Waals surface area contributed by atoms with Crippen LogP contribution in [0.25, 0.3) is 0 Å². The smallest absolute Gasteiger partial charge is 0.0946 e. The lowest BCUT2D eigenvalue weighted by Gasteiger charge is -2.03. The van der Waals surface area contributed by atoms with Crippen LogP contribution in [0, 0.1) is 13.8 Å². The molecule has 0 radical (unpaired) electrons. The third-order valence-corrected chi connectivity index (χ3v) is 3.13. The second kappa shape index (κ2) is 4.01. The summed E-state index contributed by atoms with van der Waals surface area (Å²) < 4.78 is 0. The van der Waals surface area contributed by atoms with E-state index < -0.39 is 0 Å². The molecular formula is C9H16N2S. The van der Waals surface area contributed by atoms with Crippen LogP contribution in [0.1, 0.15) is 28.9 Å². The summed E-state index contributed by atoms with van der Waals surface area (Å²) in [5, 5.41) is 1.18. The minimum atomic E-state index is 0.273. The Morgan fingerprint density at radius 1 is 1.50 bits per heavy atom. The summed E-state index contributed by atoms with van der Waals surface area (Å²) in [4.78, 5) is 5.75. The van der Waals surface area contributed by atoms with Gasteiger partial charge in [0, 0.05) is 17.3 Å². The van der Waals surface area contributed by atoms with Crippen LogP contribution >= 0.6 is 11.3 Å².